The number of rotatable bonds is 7. The molecular formula is C21H21F3N2O4. The minimum atomic E-state index is -1.09. The van der Waals surface area contributed by atoms with E-state index >= 15 is 0 Å². The van der Waals surface area contributed by atoms with E-state index < -0.39 is 36.3 Å². The van der Waals surface area contributed by atoms with Crippen molar-refractivity contribution in [3.8, 4) is 11.3 Å². The van der Waals surface area contributed by atoms with Gasteiger partial charge >= 0.3 is 6.09 Å². The second kappa shape index (κ2) is 9.19. The number of hydrogen-bond acceptors (Lipinski definition) is 4. The van der Waals surface area contributed by atoms with E-state index in [1.807, 2.05) is 0 Å². The fourth-order valence-corrected chi connectivity index (χ4v) is 3.20. The summed E-state index contributed by atoms with van der Waals surface area (Å²) < 4.78 is 46.5. The van der Waals surface area contributed by atoms with Crippen LogP contribution in [0.3, 0.4) is 0 Å². The van der Waals surface area contributed by atoms with Gasteiger partial charge in [0.15, 0.2) is 0 Å². The lowest BCUT2D eigenvalue weighted by atomic mass is 10.0. The molecule has 0 fully saturated rings. The van der Waals surface area contributed by atoms with Gasteiger partial charge < -0.3 is 24.8 Å². The Bertz CT molecular complexity index is 1040. The number of aliphatic hydroxyl groups excluding tert-OH is 2. The van der Waals surface area contributed by atoms with Gasteiger partial charge in [0.1, 0.15) is 17.5 Å². The normalized spacial score (nSPS) is 12.2. The summed E-state index contributed by atoms with van der Waals surface area (Å²) in [4.78, 5) is 16.1. The summed E-state index contributed by atoms with van der Waals surface area (Å²) in [5, 5.41) is 18.6. The Morgan fingerprint density at radius 1 is 1.17 bits per heavy atom. The molecule has 3 N–H and O–H groups in total. The van der Waals surface area contributed by atoms with E-state index in [0.717, 1.165) is 11.0 Å². The lowest BCUT2D eigenvalue weighted by Crippen LogP contribution is -2.36. The molecule has 0 unspecified atom stereocenters. The Hall–Kier alpha value is -3.04. The van der Waals surface area contributed by atoms with E-state index in [1.165, 1.54) is 37.4 Å². The second-order valence-corrected chi connectivity index (χ2v) is 6.88. The van der Waals surface area contributed by atoms with Crippen LogP contribution in [0.15, 0.2) is 36.4 Å². The van der Waals surface area contributed by atoms with Crippen molar-refractivity contribution in [1.29, 1.82) is 0 Å². The lowest BCUT2D eigenvalue weighted by Gasteiger charge is -2.19. The van der Waals surface area contributed by atoms with E-state index in [1.54, 1.807) is 0 Å². The summed E-state index contributed by atoms with van der Waals surface area (Å²) in [5.74, 6) is -1.95. The fraction of sp³-hybridized carbons (Fsp3) is 0.286. The number of halogens is 3. The molecule has 6 nitrogen and oxygen atoms in total. The average Bonchev–Trinajstić information content (AvgIpc) is 3.07. The van der Waals surface area contributed by atoms with Crippen molar-refractivity contribution in [1.82, 2.24) is 9.88 Å². The van der Waals surface area contributed by atoms with Crippen LogP contribution in [-0.4, -0.2) is 59.1 Å². The zero-order valence-corrected chi connectivity index (χ0v) is 16.2. The van der Waals surface area contributed by atoms with E-state index in [9.17, 15) is 23.1 Å². The monoisotopic (exact) mass is 422 g/mol. The third-order valence-corrected chi connectivity index (χ3v) is 4.65. The Balaban J connectivity index is 1.85. The average molecular weight is 422 g/mol. The highest BCUT2D eigenvalue weighted by molar-refractivity contribution is 5.91. The molecule has 0 saturated carbocycles. The van der Waals surface area contributed by atoms with Gasteiger partial charge in [-0.2, -0.15) is 0 Å². The third kappa shape index (κ3) is 4.74. The highest BCUT2D eigenvalue weighted by Gasteiger charge is 2.19. The number of hydrogen-bond donors (Lipinski definition) is 3. The van der Waals surface area contributed by atoms with Gasteiger partial charge in [-0.15, -0.1) is 0 Å². The molecule has 3 rings (SSSR count). The minimum Gasteiger partial charge on any atom is -0.449 e. The number of likely N-dealkylation sites (N-methyl/N-ethyl adjacent to an activating group) is 1. The molecule has 1 aromatic heterocycles. The predicted molar refractivity (Wildman–Crippen MR) is 104 cm³/mol. The number of aromatic nitrogens is 1. The number of carbonyl (C=O) groups excluding carboxylic acids is 1. The summed E-state index contributed by atoms with van der Waals surface area (Å²) in [6.45, 7) is -0.706. The molecule has 1 heterocycles. The number of aliphatic hydroxyl groups is 2. The smallest absolute Gasteiger partial charge is 0.409 e. The molecule has 1 atom stereocenters. The first-order valence-electron chi connectivity index (χ1n) is 9.22. The zero-order valence-electron chi connectivity index (χ0n) is 16.2. The first-order valence-corrected chi connectivity index (χ1v) is 9.22. The Labute approximate surface area is 170 Å². The van der Waals surface area contributed by atoms with Gasteiger partial charge in [-0.25, -0.2) is 18.0 Å². The molecule has 9 heteroatoms. The Morgan fingerprint density at radius 3 is 2.53 bits per heavy atom. The number of nitrogens with one attached hydrogen (secondary N) is 1. The molecule has 160 valence electrons. The number of amides is 1. The van der Waals surface area contributed by atoms with Crippen molar-refractivity contribution in [2.24, 2.45) is 0 Å². The minimum absolute atomic E-state index is 0.0974. The number of benzene rings is 2. The number of nitrogens with zero attached hydrogens (tertiary/aromatic N) is 1. The molecule has 0 aliphatic carbocycles. The summed E-state index contributed by atoms with van der Waals surface area (Å²) >= 11 is 0. The van der Waals surface area contributed by atoms with Crippen molar-refractivity contribution < 1.29 is 32.9 Å². The van der Waals surface area contributed by atoms with Gasteiger partial charge in [-0.3, -0.25) is 0 Å². The van der Waals surface area contributed by atoms with Gasteiger partial charge in [0.25, 0.3) is 0 Å². The van der Waals surface area contributed by atoms with Crippen molar-refractivity contribution in [2.75, 3.05) is 26.8 Å². The van der Waals surface area contributed by atoms with Crippen LogP contribution in [0, 0.1) is 17.5 Å². The van der Waals surface area contributed by atoms with Crippen LogP contribution >= 0.6 is 0 Å². The Morgan fingerprint density at radius 2 is 1.87 bits per heavy atom. The van der Waals surface area contributed by atoms with E-state index in [2.05, 4.69) is 4.98 Å². The standard InChI is InChI=1S/C21H21F3N2O4/c1-26(10-15(28)11-27)21(29)30-7-6-16-17-8-14(23)9-18(24)20(17)25-19(16)12-2-4-13(22)5-3-12/h2-5,8-9,15,25,27-28H,6-7,10-11H2,1H3/t15-/m0/s1. The van der Waals surface area contributed by atoms with Crippen LogP contribution in [0.2, 0.25) is 0 Å². The largest absolute Gasteiger partial charge is 0.449 e. The summed E-state index contributed by atoms with van der Waals surface area (Å²) in [5.41, 5.74) is 1.65. The number of ether oxygens (including phenoxy) is 1. The third-order valence-electron chi connectivity index (χ3n) is 4.65. The molecule has 0 aliphatic rings. The molecular weight excluding hydrogens is 401 g/mol. The van der Waals surface area contributed by atoms with Crippen molar-refractivity contribution in [3.63, 3.8) is 0 Å². The van der Waals surface area contributed by atoms with Crippen molar-refractivity contribution in [2.45, 2.75) is 12.5 Å². The zero-order chi connectivity index (χ0) is 21.8. The molecule has 0 radical (unpaired) electrons. The van der Waals surface area contributed by atoms with Crippen LogP contribution in [0.1, 0.15) is 5.56 Å². The molecule has 2 aromatic carbocycles. The summed E-state index contributed by atoms with van der Waals surface area (Å²) in [7, 11) is 1.40. The topological polar surface area (TPSA) is 85.8 Å². The van der Waals surface area contributed by atoms with Crippen LogP contribution < -0.4 is 0 Å². The number of H-pyrrole nitrogens is 1. The quantitative estimate of drug-likeness (QED) is 0.546. The number of fused-ring (bicyclic) bond motifs is 1. The van der Waals surface area contributed by atoms with E-state index in [0.29, 0.717) is 22.2 Å². The first-order chi connectivity index (χ1) is 14.3. The van der Waals surface area contributed by atoms with Crippen molar-refractivity contribution >= 4 is 17.0 Å². The Kier molecular flexibility index (Phi) is 6.63. The van der Waals surface area contributed by atoms with Crippen LogP contribution in [0.25, 0.3) is 22.2 Å². The van der Waals surface area contributed by atoms with Gasteiger partial charge in [0, 0.05) is 30.6 Å². The number of carbonyl (C=O) groups is 1. The summed E-state index contributed by atoms with van der Waals surface area (Å²) in [6, 6.07) is 7.47. The second-order valence-electron chi connectivity index (χ2n) is 6.88. The fourth-order valence-electron chi connectivity index (χ4n) is 3.20. The highest BCUT2D eigenvalue weighted by Crippen LogP contribution is 2.33. The first kappa shape index (κ1) is 21.7. The molecule has 0 saturated heterocycles. The van der Waals surface area contributed by atoms with E-state index in [4.69, 9.17) is 9.84 Å². The van der Waals surface area contributed by atoms with E-state index in [-0.39, 0.29) is 25.1 Å². The molecule has 30 heavy (non-hydrogen) atoms. The molecule has 0 bridgehead atoms. The van der Waals surface area contributed by atoms with Gasteiger partial charge in [-0.05, 0) is 41.5 Å². The van der Waals surface area contributed by atoms with Crippen LogP contribution in [0.4, 0.5) is 18.0 Å². The van der Waals surface area contributed by atoms with Crippen LogP contribution in [0.5, 0.6) is 0 Å². The molecule has 0 aliphatic heterocycles. The summed E-state index contributed by atoms with van der Waals surface area (Å²) in [6.07, 6.45) is -1.67. The number of aromatic amines is 1. The van der Waals surface area contributed by atoms with Gasteiger partial charge in [0.2, 0.25) is 0 Å². The highest BCUT2D eigenvalue weighted by atomic mass is 19.1. The van der Waals surface area contributed by atoms with Crippen LogP contribution in [-0.2, 0) is 11.2 Å². The molecule has 0 spiro atoms. The molecule has 1 amide bonds. The maximum absolute atomic E-state index is 14.3. The predicted octanol–water partition coefficient (Wildman–Crippen LogP) is 3.22. The van der Waals surface area contributed by atoms with Gasteiger partial charge in [-0.1, -0.05) is 0 Å². The SMILES string of the molecule is CN(C[C@H](O)CO)C(=O)OCCc1c(-c2ccc(F)cc2)[nH]c2c(F)cc(F)cc12. The lowest BCUT2D eigenvalue weighted by molar-refractivity contribution is 0.0548. The maximum Gasteiger partial charge on any atom is 0.409 e. The van der Waals surface area contributed by atoms with Gasteiger partial charge in [0.05, 0.1) is 31.4 Å². The molecule has 3 aromatic rings. The maximum atomic E-state index is 14.3. The van der Waals surface area contributed by atoms with Crippen molar-refractivity contribution in [3.05, 3.63) is 59.4 Å².